The normalized spacial score (nSPS) is 10.6. The molecule has 0 fully saturated rings. The number of aryl methyl sites for hydroxylation is 1. The Morgan fingerprint density at radius 1 is 1.07 bits per heavy atom. The van der Waals surface area contributed by atoms with Gasteiger partial charge in [0.15, 0.2) is 0 Å². The van der Waals surface area contributed by atoms with Crippen LogP contribution in [0.2, 0.25) is 0 Å². The molecule has 0 aliphatic rings. The van der Waals surface area contributed by atoms with Gasteiger partial charge in [-0.3, -0.25) is 9.59 Å². The van der Waals surface area contributed by atoms with Crippen LogP contribution in [-0.2, 0) is 11.8 Å². The van der Waals surface area contributed by atoms with Crippen molar-refractivity contribution in [1.82, 2.24) is 4.57 Å². The predicted molar refractivity (Wildman–Crippen MR) is 109 cm³/mol. The van der Waals surface area contributed by atoms with E-state index in [4.69, 9.17) is 4.74 Å². The highest BCUT2D eigenvalue weighted by atomic mass is 16.5. The van der Waals surface area contributed by atoms with Gasteiger partial charge in [-0.1, -0.05) is 31.5 Å². The lowest BCUT2D eigenvalue weighted by Crippen LogP contribution is -2.21. The van der Waals surface area contributed by atoms with Crippen molar-refractivity contribution in [3.63, 3.8) is 0 Å². The molecule has 0 saturated heterocycles. The number of fused-ring (bicyclic) bond motifs is 1. The third kappa shape index (κ3) is 4.11. The van der Waals surface area contributed by atoms with Gasteiger partial charge in [0.1, 0.15) is 0 Å². The maximum atomic E-state index is 12.7. The van der Waals surface area contributed by atoms with Crippen LogP contribution in [0.5, 0.6) is 0 Å². The smallest absolute Gasteiger partial charge is 0.338 e. The molecule has 0 bridgehead atoms. The van der Waals surface area contributed by atoms with E-state index >= 15 is 0 Å². The lowest BCUT2D eigenvalue weighted by atomic mass is 10.1. The summed E-state index contributed by atoms with van der Waals surface area (Å²) in [7, 11) is 1.67. The van der Waals surface area contributed by atoms with Gasteiger partial charge < -0.3 is 14.6 Å². The highest BCUT2D eigenvalue weighted by Crippen LogP contribution is 2.18. The van der Waals surface area contributed by atoms with Crippen LogP contribution in [0, 0.1) is 0 Å². The van der Waals surface area contributed by atoms with Gasteiger partial charge in [-0.05, 0) is 36.8 Å². The minimum atomic E-state index is -0.385. The van der Waals surface area contributed by atoms with Gasteiger partial charge in [-0.2, -0.15) is 0 Å². The highest BCUT2D eigenvalue weighted by molar-refractivity contribution is 6.12. The summed E-state index contributed by atoms with van der Waals surface area (Å²) < 4.78 is 6.67. The summed E-state index contributed by atoms with van der Waals surface area (Å²) in [4.78, 5) is 36.8. The Balaban J connectivity index is 1.79. The Morgan fingerprint density at radius 3 is 2.50 bits per heavy atom. The number of hydrogen-bond donors (Lipinski definition) is 1. The third-order valence-corrected chi connectivity index (χ3v) is 4.51. The van der Waals surface area contributed by atoms with Crippen LogP contribution in [0.25, 0.3) is 10.9 Å². The van der Waals surface area contributed by atoms with Gasteiger partial charge in [0.05, 0.1) is 23.3 Å². The minimum absolute atomic E-state index is 0.256. The van der Waals surface area contributed by atoms with E-state index in [0.717, 1.165) is 12.8 Å². The molecule has 28 heavy (non-hydrogen) atoms. The lowest BCUT2D eigenvalue weighted by molar-refractivity contribution is 0.0499. The summed E-state index contributed by atoms with van der Waals surface area (Å²) in [5, 5.41) is 3.47. The van der Waals surface area contributed by atoms with Crippen LogP contribution < -0.4 is 10.9 Å². The van der Waals surface area contributed by atoms with Crippen LogP contribution in [0.3, 0.4) is 0 Å². The first-order valence-corrected chi connectivity index (χ1v) is 9.18. The first-order valence-electron chi connectivity index (χ1n) is 9.18. The van der Waals surface area contributed by atoms with Gasteiger partial charge in [0, 0.05) is 24.2 Å². The second kappa shape index (κ2) is 8.52. The zero-order valence-corrected chi connectivity index (χ0v) is 15.9. The number of carbonyl (C=O) groups excluding carboxylic acids is 2. The quantitative estimate of drug-likeness (QED) is 0.523. The topological polar surface area (TPSA) is 77.4 Å². The Labute approximate surface area is 162 Å². The molecule has 0 saturated carbocycles. The van der Waals surface area contributed by atoms with Crippen molar-refractivity contribution in [2.45, 2.75) is 19.8 Å². The number of nitrogens with one attached hydrogen (secondary N) is 1. The van der Waals surface area contributed by atoms with Gasteiger partial charge in [-0.25, -0.2) is 4.79 Å². The van der Waals surface area contributed by atoms with Crippen LogP contribution in [-0.4, -0.2) is 23.1 Å². The Hall–Kier alpha value is -3.41. The third-order valence-electron chi connectivity index (χ3n) is 4.51. The molecule has 0 spiro atoms. The zero-order chi connectivity index (χ0) is 20.1. The molecule has 0 unspecified atom stereocenters. The Morgan fingerprint density at radius 2 is 1.79 bits per heavy atom. The largest absolute Gasteiger partial charge is 0.462 e. The monoisotopic (exact) mass is 378 g/mol. The van der Waals surface area contributed by atoms with E-state index in [-0.39, 0.29) is 17.4 Å². The standard InChI is InChI=1S/C22H22N2O4/c1-3-4-13-28-22(27)15-9-11-16(12-10-15)23-21(26)18-14-20(25)24(2)19-8-6-5-7-17(18)19/h5-12,14H,3-4,13H2,1-2H3,(H,23,26). The zero-order valence-electron chi connectivity index (χ0n) is 15.9. The number of benzene rings is 2. The Kier molecular flexibility index (Phi) is 5.89. The highest BCUT2D eigenvalue weighted by Gasteiger charge is 2.14. The predicted octanol–water partition coefficient (Wildman–Crippen LogP) is 3.75. The number of pyridine rings is 1. The summed E-state index contributed by atoms with van der Waals surface area (Å²) in [6, 6.07) is 15.1. The summed E-state index contributed by atoms with van der Waals surface area (Å²) in [6.45, 7) is 2.42. The molecule has 1 amide bonds. The van der Waals surface area contributed by atoms with E-state index < -0.39 is 0 Å². The molecule has 3 aromatic rings. The first kappa shape index (κ1) is 19.4. The van der Waals surface area contributed by atoms with Crippen LogP contribution in [0.15, 0.2) is 59.4 Å². The van der Waals surface area contributed by atoms with Crippen molar-refractivity contribution in [1.29, 1.82) is 0 Å². The maximum absolute atomic E-state index is 12.7. The molecule has 1 heterocycles. The molecule has 0 radical (unpaired) electrons. The molecule has 2 aromatic carbocycles. The van der Waals surface area contributed by atoms with Crippen molar-refractivity contribution in [3.05, 3.63) is 76.1 Å². The average Bonchev–Trinajstić information content (AvgIpc) is 2.71. The van der Waals surface area contributed by atoms with Crippen molar-refractivity contribution < 1.29 is 14.3 Å². The van der Waals surface area contributed by atoms with Crippen LogP contribution in [0.1, 0.15) is 40.5 Å². The summed E-state index contributed by atoms with van der Waals surface area (Å²) in [5.41, 5.74) is 1.69. The second-order valence-corrected chi connectivity index (χ2v) is 6.49. The molecule has 0 atom stereocenters. The molecule has 1 N–H and O–H groups in total. The Bertz CT molecular complexity index is 1070. The molecule has 6 nitrogen and oxygen atoms in total. The fourth-order valence-electron chi connectivity index (χ4n) is 2.88. The van der Waals surface area contributed by atoms with E-state index in [1.807, 2.05) is 19.1 Å². The number of hydrogen-bond acceptors (Lipinski definition) is 4. The molecule has 3 rings (SSSR count). The number of carbonyl (C=O) groups is 2. The summed E-state index contributed by atoms with van der Waals surface area (Å²) in [5.74, 6) is -0.768. The number of ether oxygens (including phenoxy) is 1. The van der Waals surface area contributed by atoms with E-state index in [0.29, 0.717) is 34.3 Å². The molecular formula is C22H22N2O4. The minimum Gasteiger partial charge on any atom is -0.462 e. The van der Waals surface area contributed by atoms with Gasteiger partial charge >= 0.3 is 5.97 Å². The van der Waals surface area contributed by atoms with Crippen LogP contribution >= 0.6 is 0 Å². The lowest BCUT2D eigenvalue weighted by Gasteiger charge is -2.11. The number of amides is 1. The molecule has 1 aromatic heterocycles. The van der Waals surface area contributed by atoms with Gasteiger partial charge in [-0.15, -0.1) is 0 Å². The molecular weight excluding hydrogens is 356 g/mol. The van der Waals surface area contributed by atoms with Gasteiger partial charge in [0.2, 0.25) is 0 Å². The fourth-order valence-corrected chi connectivity index (χ4v) is 2.88. The van der Waals surface area contributed by atoms with Crippen LogP contribution in [0.4, 0.5) is 5.69 Å². The van der Waals surface area contributed by atoms with Crippen molar-refractivity contribution >= 4 is 28.5 Å². The van der Waals surface area contributed by atoms with Crippen molar-refractivity contribution in [3.8, 4) is 0 Å². The molecule has 0 aliphatic heterocycles. The second-order valence-electron chi connectivity index (χ2n) is 6.49. The average molecular weight is 378 g/mol. The number of esters is 1. The number of rotatable bonds is 6. The number of para-hydroxylation sites is 1. The fraction of sp³-hybridized carbons (Fsp3) is 0.227. The van der Waals surface area contributed by atoms with E-state index in [9.17, 15) is 14.4 Å². The molecule has 6 heteroatoms. The summed E-state index contributed by atoms with van der Waals surface area (Å²) >= 11 is 0. The number of nitrogens with zero attached hydrogens (tertiary/aromatic N) is 1. The van der Waals surface area contributed by atoms with E-state index in [2.05, 4.69) is 5.32 Å². The molecule has 144 valence electrons. The van der Waals surface area contributed by atoms with Crippen molar-refractivity contribution in [2.24, 2.45) is 7.05 Å². The summed E-state index contributed by atoms with van der Waals surface area (Å²) in [6.07, 6.45) is 1.78. The molecule has 0 aliphatic carbocycles. The first-order chi connectivity index (χ1) is 13.5. The van der Waals surface area contributed by atoms with Gasteiger partial charge in [0.25, 0.3) is 11.5 Å². The SMILES string of the molecule is CCCCOC(=O)c1ccc(NC(=O)c2cc(=O)n(C)c3ccccc23)cc1. The number of unbranched alkanes of at least 4 members (excludes halogenated alkanes) is 1. The maximum Gasteiger partial charge on any atom is 0.338 e. The van der Waals surface area contributed by atoms with Crippen molar-refractivity contribution in [2.75, 3.05) is 11.9 Å². The van der Waals surface area contributed by atoms with E-state index in [1.54, 1.807) is 43.4 Å². The number of aromatic nitrogens is 1. The number of anilines is 1. The van der Waals surface area contributed by atoms with E-state index in [1.165, 1.54) is 10.6 Å².